The van der Waals surface area contributed by atoms with Gasteiger partial charge in [0.05, 0.1) is 0 Å². The Hall–Kier alpha value is 0. The van der Waals surface area contributed by atoms with E-state index >= 15 is 0 Å². The summed E-state index contributed by atoms with van der Waals surface area (Å²) in [6.07, 6.45) is 21.3. The van der Waals surface area contributed by atoms with E-state index in [4.69, 9.17) is 0 Å². The summed E-state index contributed by atoms with van der Waals surface area (Å²) in [7, 11) is 0. The highest BCUT2D eigenvalue weighted by Crippen LogP contribution is 2.68. The molecule has 4 aliphatic rings. The summed E-state index contributed by atoms with van der Waals surface area (Å²) in [5.41, 5.74) is 1.34. The van der Waals surface area contributed by atoms with Crippen LogP contribution in [0.1, 0.15) is 138 Å². The third kappa shape index (κ3) is 4.37. The first-order valence-electron chi connectivity index (χ1n) is 15.2. The van der Waals surface area contributed by atoms with Crippen molar-refractivity contribution in [3.8, 4) is 0 Å². The van der Waals surface area contributed by atoms with Crippen molar-refractivity contribution in [1.82, 2.24) is 0 Å². The molecule has 4 fully saturated rings. The van der Waals surface area contributed by atoms with Crippen molar-refractivity contribution in [2.75, 3.05) is 0 Å². The van der Waals surface area contributed by atoms with Crippen LogP contribution < -0.4 is 0 Å². The second-order valence-corrected chi connectivity index (χ2v) is 14.3. The normalized spacial score (nSPS) is 45.8. The van der Waals surface area contributed by atoms with Crippen molar-refractivity contribution >= 4 is 0 Å². The second kappa shape index (κ2) is 9.93. The number of hydrogen-bond acceptors (Lipinski definition) is 0. The van der Waals surface area contributed by atoms with Crippen LogP contribution in [0.25, 0.3) is 0 Å². The van der Waals surface area contributed by atoms with Crippen molar-refractivity contribution in [1.29, 1.82) is 0 Å². The maximum absolute atomic E-state index is 2.77. The monoisotopic (exact) mass is 442 g/mol. The molecule has 4 saturated carbocycles. The molecule has 4 rings (SSSR count). The van der Waals surface area contributed by atoms with Gasteiger partial charge in [0.2, 0.25) is 0 Å². The minimum atomic E-state index is 0.655. The molecule has 0 aromatic carbocycles. The van der Waals surface area contributed by atoms with Gasteiger partial charge in [-0.1, -0.05) is 74.1 Å². The van der Waals surface area contributed by atoms with Gasteiger partial charge in [0.1, 0.15) is 0 Å². The Bertz CT molecular complexity index is 605. The fourth-order valence-corrected chi connectivity index (χ4v) is 10.7. The molecule has 0 aromatic heterocycles. The summed E-state index contributed by atoms with van der Waals surface area (Å²) in [6, 6.07) is 0. The Morgan fingerprint density at radius 2 is 1.50 bits per heavy atom. The first kappa shape index (κ1) is 25.1. The van der Waals surface area contributed by atoms with Crippen LogP contribution in [0.5, 0.6) is 0 Å². The van der Waals surface area contributed by atoms with E-state index in [1.807, 2.05) is 0 Å². The smallest absolute Gasteiger partial charge is 0.0264 e. The largest absolute Gasteiger partial charge is 0.0654 e. The maximum atomic E-state index is 2.77. The average Bonchev–Trinajstić information content (AvgIpc) is 3.11. The number of rotatable bonds is 8. The molecule has 186 valence electrons. The Morgan fingerprint density at radius 3 is 2.19 bits per heavy atom. The van der Waals surface area contributed by atoms with Crippen LogP contribution in [0.4, 0.5) is 0 Å². The summed E-state index contributed by atoms with van der Waals surface area (Å²) in [4.78, 5) is 0. The van der Waals surface area contributed by atoms with E-state index in [-0.39, 0.29) is 0 Å². The summed E-state index contributed by atoms with van der Waals surface area (Å²) in [5, 5.41) is 0. The zero-order valence-corrected chi connectivity index (χ0v) is 23.1. The van der Waals surface area contributed by atoms with E-state index in [1.54, 1.807) is 57.8 Å². The lowest BCUT2D eigenvalue weighted by Gasteiger charge is -2.61. The van der Waals surface area contributed by atoms with Gasteiger partial charge in [-0.05, 0) is 128 Å². The third-order valence-corrected chi connectivity index (χ3v) is 12.7. The molecule has 0 radical (unpaired) electrons. The molecule has 32 heavy (non-hydrogen) atoms. The van der Waals surface area contributed by atoms with Crippen LogP contribution in [0.15, 0.2) is 0 Å². The highest BCUT2D eigenvalue weighted by Gasteiger charge is 2.60. The SMILES string of the molecule is CCC[C@H]1CC[C@]2(C)C3CC[C@@]4(C)C(CC[C@@H]4C(C)CC[C@@H](CC)C(C)C)[C@@H]3CC[C@@H]2C1. The maximum Gasteiger partial charge on any atom is -0.0264 e. The van der Waals surface area contributed by atoms with Crippen molar-refractivity contribution in [2.24, 2.45) is 64.1 Å². The van der Waals surface area contributed by atoms with E-state index < -0.39 is 0 Å². The average molecular weight is 443 g/mol. The van der Waals surface area contributed by atoms with E-state index in [2.05, 4.69) is 48.5 Å². The lowest BCUT2D eigenvalue weighted by molar-refractivity contribution is -0.121. The van der Waals surface area contributed by atoms with Gasteiger partial charge >= 0.3 is 0 Å². The Kier molecular flexibility index (Phi) is 7.79. The predicted octanol–water partition coefficient (Wildman–Crippen LogP) is 10.2. The van der Waals surface area contributed by atoms with Gasteiger partial charge in [-0.15, -0.1) is 0 Å². The topological polar surface area (TPSA) is 0 Å². The zero-order chi connectivity index (χ0) is 23.1. The fraction of sp³-hybridized carbons (Fsp3) is 1.00. The number of fused-ring (bicyclic) bond motifs is 5. The molecule has 0 nitrogen and oxygen atoms in total. The van der Waals surface area contributed by atoms with Crippen LogP contribution in [0.3, 0.4) is 0 Å². The Morgan fingerprint density at radius 1 is 0.781 bits per heavy atom. The van der Waals surface area contributed by atoms with Crippen molar-refractivity contribution in [3.05, 3.63) is 0 Å². The molecule has 0 aromatic rings. The molecule has 0 amide bonds. The molecular weight excluding hydrogens is 384 g/mol. The summed E-state index contributed by atoms with van der Waals surface area (Å²) in [6.45, 7) is 17.9. The van der Waals surface area contributed by atoms with Crippen molar-refractivity contribution < 1.29 is 0 Å². The third-order valence-electron chi connectivity index (χ3n) is 12.7. The molecule has 0 heteroatoms. The van der Waals surface area contributed by atoms with Gasteiger partial charge in [-0.3, -0.25) is 0 Å². The van der Waals surface area contributed by atoms with Gasteiger partial charge < -0.3 is 0 Å². The lowest BCUT2D eigenvalue weighted by Crippen LogP contribution is -2.53. The lowest BCUT2D eigenvalue weighted by atomic mass is 9.44. The van der Waals surface area contributed by atoms with Crippen molar-refractivity contribution in [2.45, 2.75) is 138 Å². The summed E-state index contributed by atoms with van der Waals surface area (Å²) in [5.74, 6) is 9.01. The predicted molar refractivity (Wildman–Crippen MR) is 141 cm³/mol. The molecule has 0 N–H and O–H groups in total. The van der Waals surface area contributed by atoms with Crippen LogP contribution in [-0.4, -0.2) is 0 Å². The molecule has 0 aliphatic heterocycles. The van der Waals surface area contributed by atoms with Crippen molar-refractivity contribution in [3.63, 3.8) is 0 Å². The molecule has 4 aliphatic carbocycles. The highest BCUT2D eigenvalue weighted by atomic mass is 14.6. The molecule has 0 spiro atoms. The second-order valence-electron chi connectivity index (χ2n) is 14.3. The Balaban J connectivity index is 1.43. The van der Waals surface area contributed by atoms with Crippen LogP contribution in [-0.2, 0) is 0 Å². The van der Waals surface area contributed by atoms with Gasteiger partial charge in [0.25, 0.3) is 0 Å². The van der Waals surface area contributed by atoms with Gasteiger partial charge in [-0.25, -0.2) is 0 Å². The first-order chi connectivity index (χ1) is 15.2. The van der Waals surface area contributed by atoms with E-state index in [0.717, 1.165) is 53.3 Å². The quantitative estimate of drug-likeness (QED) is 0.350. The van der Waals surface area contributed by atoms with Gasteiger partial charge in [-0.2, -0.15) is 0 Å². The van der Waals surface area contributed by atoms with E-state index in [1.165, 1.54) is 32.1 Å². The van der Waals surface area contributed by atoms with Gasteiger partial charge in [0.15, 0.2) is 0 Å². The Labute approximate surface area is 202 Å². The highest BCUT2D eigenvalue weighted by molar-refractivity contribution is 5.09. The fourth-order valence-electron chi connectivity index (χ4n) is 10.7. The standard InChI is InChI=1S/C32H58/c1-8-10-24-17-19-31(6)26(21-24)13-14-27-29-16-15-28(32(29,7)20-18-30(27)31)23(5)11-12-25(9-2)22(3)4/h22-30H,8-21H2,1-7H3/t23?,24-,25+,26+,27-,28+,29?,30?,31-,32+/m0/s1. The van der Waals surface area contributed by atoms with Crippen LogP contribution >= 0.6 is 0 Å². The minimum absolute atomic E-state index is 0.655. The molecule has 0 heterocycles. The molecular formula is C32H58. The molecule has 10 atom stereocenters. The minimum Gasteiger partial charge on any atom is -0.0654 e. The molecule has 3 unspecified atom stereocenters. The number of hydrogen-bond donors (Lipinski definition) is 0. The first-order valence-corrected chi connectivity index (χ1v) is 15.2. The molecule has 0 bridgehead atoms. The summed E-state index contributed by atoms with van der Waals surface area (Å²) < 4.78 is 0. The summed E-state index contributed by atoms with van der Waals surface area (Å²) >= 11 is 0. The van der Waals surface area contributed by atoms with Gasteiger partial charge in [0, 0.05) is 0 Å². The van der Waals surface area contributed by atoms with E-state index in [0.29, 0.717) is 10.8 Å². The van der Waals surface area contributed by atoms with Crippen LogP contribution in [0, 0.1) is 64.1 Å². The van der Waals surface area contributed by atoms with E-state index in [9.17, 15) is 0 Å². The zero-order valence-electron chi connectivity index (χ0n) is 23.1. The molecule has 0 saturated heterocycles. The van der Waals surface area contributed by atoms with Crippen LogP contribution in [0.2, 0.25) is 0 Å².